The Bertz CT molecular complexity index is 899. The maximum absolute atomic E-state index is 12.5. The van der Waals surface area contributed by atoms with Gasteiger partial charge in [0.25, 0.3) is 0 Å². The molecule has 2 aromatic rings. The van der Waals surface area contributed by atoms with Gasteiger partial charge in [0.2, 0.25) is 5.91 Å². The van der Waals surface area contributed by atoms with E-state index in [0.29, 0.717) is 4.75 Å². The van der Waals surface area contributed by atoms with E-state index in [9.17, 15) is 4.79 Å². The van der Waals surface area contributed by atoms with Crippen LogP contribution >= 0.6 is 23.1 Å². The molecule has 1 amide bonds. The monoisotopic (exact) mass is 426 g/mol. The molecule has 4 saturated carbocycles. The summed E-state index contributed by atoms with van der Waals surface area (Å²) in [6.07, 6.45) is 8.73. The largest absolute Gasteiger partial charge is 0.274 e. The van der Waals surface area contributed by atoms with Gasteiger partial charge in [0.1, 0.15) is 0 Å². The van der Waals surface area contributed by atoms with Gasteiger partial charge in [-0.3, -0.25) is 9.69 Å². The van der Waals surface area contributed by atoms with Gasteiger partial charge >= 0.3 is 0 Å². The molecule has 29 heavy (non-hydrogen) atoms. The van der Waals surface area contributed by atoms with Crippen molar-refractivity contribution in [2.45, 2.75) is 69.8 Å². The van der Waals surface area contributed by atoms with E-state index >= 15 is 0 Å². The van der Waals surface area contributed by atoms with Gasteiger partial charge in [0, 0.05) is 22.8 Å². The Morgan fingerprint density at radius 1 is 1.17 bits per heavy atom. The van der Waals surface area contributed by atoms with E-state index in [4.69, 9.17) is 4.98 Å². The summed E-state index contributed by atoms with van der Waals surface area (Å²) in [4.78, 5) is 19.1. The Morgan fingerprint density at radius 2 is 1.83 bits per heavy atom. The standard InChI is InChI=1S/C24H30N2OS2/c1-15-4-5-22(16(2)6-15)26(17(3)27)23-25-21(13-28-23)14-29-24-10-18-7-19(11-24)9-20(8-18)12-24/h4-6,13,18-20H,7-12,14H2,1-3H3. The number of aromatic nitrogens is 1. The van der Waals surface area contributed by atoms with Crippen LogP contribution in [-0.4, -0.2) is 15.6 Å². The molecule has 3 nitrogen and oxygen atoms in total. The van der Waals surface area contributed by atoms with Gasteiger partial charge in [-0.1, -0.05) is 17.7 Å². The molecule has 1 aromatic carbocycles. The van der Waals surface area contributed by atoms with Crippen molar-refractivity contribution < 1.29 is 4.79 Å². The summed E-state index contributed by atoms with van der Waals surface area (Å²) in [5.41, 5.74) is 4.39. The second kappa shape index (κ2) is 7.42. The van der Waals surface area contributed by atoms with Gasteiger partial charge < -0.3 is 0 Å². The van der Waals surface area contributed by atoms with Gasteiger partial charge in [-0.2, -0.15) is 0 Å². The van der Waals surface area contributed by atoms with Crippen molar-refractivity contribution in [3.05, 3.63) is 40.4 Å². The van der Waals surface area contributed by atoms with Crippen LogP contribution in [0.4, 0.5) is 10.8 Å². The highest BCUT2D eigenvalue weighted by atomic mass is 32.2. The average Bonchev–Trinajstić information content (AvgIpc) is 3.09. The second-order valence-electron chi connectivity index (χ2n) is 9.66. The predicted molar refractivity (Wildman–Crippen MR) is 123 cm³/mol. The normalized spacial score (nSPS) is 30.0. The van der Waals surface area contributed by atoms with E-state index in [1.165, 1.54) is 44.1 Å². The molecule has 154 valence electrons. The lowest BCUT2D eigenvalue weighted by Gasteiger charge is -2.56. The topological polar surface area (TPSA) is 33.2 Å². The van der Waals surface area contributed by atoms with Crippen LogP contribution in [0.2, 0.25) is 0 Å². The molecule has 0 radical (unpaired) electrons. The number of carbonyl (C=O) groups excluding carboxylic acids is 1. The van der Waals surface area contributed by atoms with Gasteiger partial charge in [0.15, 0.2) is 5.13 Å². The molecule has 0 unspecified atom stereocenters. The maximum Gasteiger partial charge on any atom is 0.230 e. The number of aryl methyl sites for hydroxylation is 2. The molecule has 0 atom stereocenters. The number of thiazole rings is 1. The molecular formula is C24H30N2OS2. The van der Waals surface area contributed by atoms with Crippen molar-refractivity contribution in [2.75, 3.05) is 4.90 Å². The molecule has 1 aromatic heterocycles. The van der Waals surface area contributed by atoms with Crippen molar-refractivity contribution in [1.82, 2.24) is 4.98 Å². The summed E-state index contributed by atoms with van der Waals surface area (Å²) < 4.78 is 0.506. The number of benzene rings is 1. The smallest absolute Gasteiger partial charge is 0.230 e. The van der Waals surface area contributed by atoms with Crippen molar-refractivity contribution in [1.29, 1.82) is 0 Å². The highest BCUT2D eigenvalue weighted by Gasteiger charge is 2.51. The minimum absolute atomic E-state index is 0.0200. The van der Waals surface area contributed by atoms with Gasteiger partial charge in [-0.05, 0) is 81.8 Å². The van der Waals surface area contributed by atoms with Gasteiger partial charge in [-0.15, -0.1) is 23.1 Å². The van der Waals surface area contributed by atoms with E-state index in [1.54, 1.807) is 23.2 Å². The summed E-state index contributed by atoms with van der Waals surface area (Å²) in [7, 11) is 0. The molecule has 4 fully saturated rings. The lowest BCUT2D eigenvalue weighted by atomic mass is 9.56. The third-order valence-corrected chi connectivity index (χ3v) is 9.57. The second-order valence-corrected chi connectivity index (χ2v) is 11.9. The number of nitrogens with zero attached hydrogens (tertiary/aromatic N) is 2. The number of hydrogen-bond acceptors (Lipinski definition) is 4. The summed E-state index contributed by atoms with van der Waals surface area (Å²) in [5, 5.41) is 2.95. The van der Waals surface area contributed by atoms with Crippen molar-refractivity contribution >= 4 is 39.8 Å². The van der Waals surface area contributed by atoms with Crippen molar-refractivity contribution in [3.63, 3.8) is 0 Å². The number of thioether (sulfide) groups is 1. The number of amides is 1. The molecular weight excluding hydrogens is 396 g/mol. The Labute approximate surface area is 182 Å². The molecule has 4 bridgehead atoms. The first-order chi connectivity index (χ1) is 13.9. The van der Waals surface area contributed by atoms with E-state index in [1.807, 2.05) is 6.07 Å². The van der Waals surface area contributed by atoms with Crippen LogP contribution in [0.15, 0.2) is 23.6 Å². The van der Waals surface area contributed by atoms with E-state index in [-0.39, 0.29) is 5.91 Å². The Kier molecular flexibility index (Phi) is 5.02. The average molecular weight is 427 g/mol. The van der Waals surface area contributed by atoms with Crippen LogP contribution in [0, 0.1) is 31.6 Å². The van der Waals surface area contributed by atoms with Crippen LogP contribution in [0.1, 0.15) is 62.3 Å². The predicted octanol–water partition coefficient (Wildman–Crippen LogP) is 6.65. The maximum atomic E-state index is 12.5. The van der Waals surface area contributed by atoms with Crippen LogP contribution in [0.3, 0.4) is 0 Å². The minimum atomic E-state index is 0.0200. The Hall–Kier alpha value is -1.33. The number of rotatable bonds is 5. The van der Waals surface area contributed by atoms with E-state index in [2.05, 4.69) is 43.1 Å². The molecule has 0 aliphatic heterocycles. The highest BCUT2D eigenvalue weighted by Crippen LogP contribution is 2.61. The van der Waals surface area contributed by atoms with Crippen LogP contribution < -0.4 is 4.90 Å². The zero-order valence-electron chi connectivity index (χ0n) is 17.6. The molecule has 4 aliphatic rings. The van der Waals surface area contributed by atoms with Crippen molar-refractivity contribution in [3.8, 4) is 0 Å². The number of hydrogen-bond donors (Lipinski definition) is 0. The Balaban J connectivity index is 1.33. The first-order valence-electron chi connectivity index (χ1n) is 10.9. The SMILES string of the molecule is CC(=O)N(c1nc(CSC23CC4CC(CC(C4)C2)C3)cs1)c1ccc(C)cc1C. The van der Waals surface area contributed by atoms with Gasteiger partial charge in [-0.25, -0.2) is 4.98 Å². The third kappa shape index (κ3) is 3.76. The number of anilines is 2. The molecule has 1 heterocycles. The summed E-state index contributed by atoms with van der Waals surface area (Å²) in [6.45, 7) is 5.78. The highest BCUT2D eigenvalue weighted by molar-refractivity contribution is 7.99. The molecule has 0 N–H and O–H groups in total. The van der Waals surface area contributed by atoms with Crippen LogP contribution in [0.5, 0.6) is 0 Å². The molecule has 5 heteroatoms. The molecule has 0 spiro atoms. The zero-order chi connectivity index (χ0) is 20.2. The third-order valence-electron chi connectivity index (χ3n) is 7.15. The number of carbonyl (C=O) groups is 1. The fraction of sp³-hybridized carbons (Fsp3) is 0.583. The van der Waals surface area contributed by atoms with E-state index < -0.39 is 0 Å². The fourth-order valence-corrected chi connectivity index (χ4v) is 9.01. The molecule has 6 rings (SSSR count). The summed E-state index contributed by atoms with van der Waals surface area (Å²) in [5.74, 6) is 3.94. The van der Waals surface area contributed by atoms with Crippen molar-refractivity contribution in [2.24, 2.45) is 17.8 Å². The lowest BCUT2D eigenvalue weighted by Crippen LogP contribution is -2.48. The first-order valence-corrected chi connectivity index (χ1v) is 12.7. The lowest BCUT2D eigenvalue weighted by molar-refractivity contribution is -0.115. The summed E-state index contributed by atoms with van der Waals surface area (Å²) in [6, 6.07) is 6.23. The first kappa shape index (κ1) is 19.6. The summed E-state index contributed by atoms with van der Waals surface area (Å²) >= 11 is 3.75. The van der Waals surface area contributed by atoms with Crippen LogP contribution in [-0.2, 0) is 10.5 Å². The zero-order valence-corrected chi connectivity index (χ0v) is 19.2. The quantitative estimate of drug-likeness (QED) is 0.537. The molecule has 4 aliphatic carbocycles. The van der Waals surface area contributed by atoms with E-state index in [0.717, 1.165) is 45.6 Å². The van der Waals surface area contributed by atoms with Gasteiger partial charge in [0.05, 0.1) is 11.4 Å². The molecule has 0 saturated heterocycles. The Morgan fingerprint density at radius 3 is 2.41 bits per heavy atom. The minimum Gasteiger partial charge on any atom is -0.274 e. The van der Waals surface area contributed by atoms with Crippen LogP contribution in [0.25, 0.3) is 0 Å². The fourth-order valence-electron chi connectivity index (χ4n) is 6.36.